The molecule has 0 aromatic carbocycles. The van der Waals surface area contributed by atoms with Gasteiger partial charge < -0.3 is 15.0 Å². The molecule has 0 spiro atoms. The van der Waals surface area contributed by atoms with Gasteiger partial charge in [0.1, 0.15) is 0 Å². The Hall–Kier alpha value is -1.88. The minimum absolute atomic E-state index is 0.292. The number of rotatable bonds is 4. The van der Waals surface area contributed by atoms with E-state index in [0.717, 1.165) is 42.8 Å². The minimum atomic E-state index is 0.292. The summed E-state index contributed by atoms with van der Waals surface area (Å²) in [5, 5.41) is 3.26. The van der Waals surface area contributed by atoms with Crippen molar-refractivity contribution in [3.05, 3.63) is 30.2 Å². The molecule has 0 aliphatic carbocycles. The number of nitrogens with zero attached hydrogens (tertiary/aromatic N) is 2. The molecule has 0 bridgehead atoms. The second-order valence-electron chi connectivity index (χ2n) is 4.84. The van der Waals surface area contributed by atoms with Gasteiger partial charge >= 0.3 is 0 Å². The van der Waals surface area contributed by atoms with Gasteiger partial charge in [0, 0.05) is 37.3 Å². The zero-order chi connectivity index (χ0) is 13.1. The lowest BCUT2D eigenvalue weighted by Gasteiger charge is -2.11. The van der Waals surface area contributed by atoms with Crippen molar-refractivity contribution in [3.63, 3.8) is 0 Å². The minimum Gasteiger partial charge on any atom is -0.376 e. The van der Waals surface area contributed by atoms with Gasteiger partial charge in [-0.15, -0.1) is 0 Å². The van der Waals surface area contributed by atoms with Crippen molar-refractivity contribution in [2.75, 3.05) is 18.5 Å². The number of nitrogens with one attached hydrogen (secondary N) is 2. The molecule has 1 atom stereocenters. The molecule has 2 aromatic rings. The molecule has 0 saturated carbocycles. The van der Waals surface area contributed by atoms with E-state index in [2.05, 4.69) is 20.3 Å². The Morgan fingerprint density at radius 1 is 1.53 bits per heavy atom. The van der Waals surface area contributed by atoms with Crippen LogP contribution in [-0.2, 0) is 4.74 Å². The predicted molar refractivity (Wildman–Crippen MR) is 74.0 cm³/mol. The number of aryl methyl sites for hydroxylation is 1. The summed E-state index contributed by atoms with van der Waals surface area (Å²) in [4.78, 5) is 12.0. The third-order valence-corrected chi connectivity index (χ3v) is 3.35. The number of aromatic amines is 1. The molecule has 5 heteroatoms. The van der Waals surface area contributed by atoms with Crippen LogP contribution in [0.25, 0.3) is 11.3 Å². The van der Waals surface area contributed by atoms with Gasteiger partial charge in [0.25, 0.3) is 0 Å². The van der Waals surface area contributed by atoms with E-state index in [4.69, 9.17) is 4.74 Å². The van der Waals surface area contributed by atoms with E-state index in [1.165, 1.54) is 0 Å². The van der Waals surface area contributed by atoms with Gasteiger partial charge in [-0.05, 0) is 31.4 Å². The first-order valence-corrected chi connectivity index (χ1v) is 6.65. The van der Waals surface area contributed by atoms with E-state index in [-0.39, 0.29) is 0 Å². The number of H-pyrrole nitrogens is 1. The summed E-state index contributed by atoms with van der Waals surface area (Å²) in [5.74, 6) is 0.664. The number of aromatic nitrogens is 3. The second kappa shape index (κ2) is 5.40. The molecule has 1 aliphatic rings. The smallest absolute Gasteiger partial charge is 0.223 e. The van der Waals surface area contributed by atoms with Gasteiger partial charge in [-0.2, -0.15) is 0 Å². The molecule has 1 saturated heterocycles. The van der Waals surface area contributed by atoms with Gasteiger partial charge in [0.05, 0.1) is 11.8 Å². The third kappa shape index (κ3) is 2.76. The highest BCUT2D eigenvalue weighted by Gasteiger charge is 2.15. The summed E-state index contributed by atoms with van der Waals surface area (Å²) in [6, 6.07) is 2.01. The number of hydrogen-bond donors (Lipinski definition) is 2. The van der Waals surface area contributed by atoms with E-state index in [1.54, 1.807) is 0 Å². The summed E-state index contributed by atoms with van der Waals surface area (Å²) in [5.41, 5.74) is 3.12. The van der Waals surface area contributed by atoms with Crippen LogP contribution in [0.3, 0.4) is 0 Å². The molecule has 2 N–H and O–H groups in total. The van der Waals surface area contributed by atoms with Crippen molar-refractivity contribution >= 4 is 5.95 Å². The van der Waals surface area contributed by atoms with Crippen LogP contribution in [0, 0.1) is 6.92 Å². The number of hydrogen-bond acceptors (Lipinski definition) is 4. The molecule has 2 aromatic heterocycles. The van der Waals surface area contributed by atoms with E-state index in [9.17, 15) is 0 Å². The quantitative estimate of drug-likeness (QED) is 0.883. The van der Waals surface area contributed by atoms with Crippen LogP contribution in [-0.4, -0.2) is 34.2 Å². The third-order valence-electron chi connectivity index (χ3n) is 3.35. The lowest BCUT2D eigenvalue weighted by atomic mass is 10.1. The molecular formula is C14H18N4O. The van der Waals surface area contributed by atoms with Crippen LogP contribution >= 0.6 is 0 Å². The van der Waals surface area contributed by atoms with Crippen molar-refractivity contribution in [3.8, 4) is 11.3 Å². The Kier molecular flexibility index (Phi) is 3.46. The van der Waals surface area contributed by atoms with Crippen molar-refractivity contribution in [2.24, 2.45) is 0 Å². The standard InChI is InChI=1S/C14H18N4O/c1-10-7-16-14(17-9-12-3-2-6-19-12)18-13(10)11-4-5-15-8-11/h4-5,7-8,12,15H,2-3,6,9H2,1H3,(H,16,17,18). The molecule has 100 valence electrons. The molecule has 3 rings (SSSR count). The van der Waals surface area contributed by atoms with E-state index < -0.39 is 0 Å². The summed E-state index contributed by atoms with van der Waals surface area (Å²) in [7, 11) is 0. The van der Waals surface area contributed by atoms with E-state index >= 15 is 0 Å². The highest BCUT2D eigenvalue weighted by Crippen LogP contribution is 2.21. The highest BCUT2D eigenvalue weighted by atomic mass is 16.5. The molecule has 3 heterocycles. The first-order valence-electron chi connectivity index (χ1n) is 6.65. The van der Waals surface area contributed by atoms with Crippen LogP contribution in [0.1, 0.15) is 18.4 Å². The zero-order valence-corrected chi connectivity index (χ0v) is 11.0. The fraction of sp³-hybridized carbons (Fsp3) is 0.429. The summed E-state index contributed by atoms with van der Waals surface area (Å²) in [6.45, 7) is 3.66. The summed E-state index contributed by atoms with van der Waals surface area (Å²) < 4.78 is 5.58. The van der Waals surface area contributed by atoms with Crippen molar-refractivity contribution in [2.45, 2.75) is 25.9 Å². The Labute approximate surface area is 112 Å². The van der Waals surface area contributed by atoms with E-state index in [0.29, 0.717) is 12.1 Å². The average Bonchev–Trinajstić information content (AvgIpc) is 3.11. The lowest BCUT2D eigenvalue weighted by Crippen LogP contribution is -2.19. The molecule has 1 fully saturated rings. The fourth-order valence-electron chi connectivity index (χ4n) is 2.30. The lowest BCUT2D eigenvalue weighted by molar-refractivity contribution is 0.120. The maximum Gasteiger partial charge on any atom is 0.223 e. The van der Waals surface area contributed by atoms with Gasteiger partial charge in [-0.25, -0.2) is 9.97 Å². The molecule has 1 aliphatic heterocycles. The predicted octanol–water partition coefficient (Wildman–Crippen LogP) is 2.37. The number of anilines is 1. The maximum atomic E-state index is 5.58. The Morgan fingerprint density at radius 2 is 2.47 bits per heavy atom. The molecule has 1 unspecified atom stereocenters. The second-order valence-corrected chi connectivity index (χ2v) is 4.84. The van der Waals surface area contributed by atoms with Gasteiger partial charge in [0.2, 0.25) is 5.95 Å². The van der Waals surface area contributed by atoms with Gasteiger partial charge in [0.15, 0.2) is 0 Å². The van der Waals surface area contributed by atoms with Crippen molar-refractivity contribution in [1.82, 2.24) is 15.0 Å². The van der Waals surface area contributed by atoms with Crippen LogP contribution in [0.5, 0.6) is 0 Å². The molecule has 0 radical (unpaired) electrons. The van der Waals surface area contributed by atoms with Gasteiger partial charge in [-0.3, -0.25) is 0 Å². The fourth-order valence-corrected chi connectivity index (χ4v) is 2.30. The molecular weight excluding hydrogens is 240 g/mol. The van der Waals surface area contributed by atoms with Crippen LogP contribution in [0.2, 0.25) is 0 Å². The normalized spacial score (nSPS) is 18.7. The van der Waals surface area contributed by atoms with Crippen LogP contribution in [0.15, 0.2) is 24.7 Å². The first kappa shape index (κ1) is 12.2. The molecule has 0 amide bonds. The molecule has 5 nitrogen and oxygen atoms in total. The zero-order valence-electron chi connectivity index (χ0n) is 11.0. The highest BCUT2D eigenvalue weighted by molar-refractivity contribution is 5.62. The monoisotopic (exact) mass is 258 g/mol. The molecule has 19 heavy (non-hydrogen) atoms. The van der Waals surface area contributed by atoms with Crippen molar-refractivity contribution in [1.29, 1.82) is 0 Å². The Balaban J connectivity index is 1.73. The van der Waals surface area contributed by atoms with Gasteiger partial charge in [-0.1, -0.05) is 0 Å². The van der Waals surface area contributed by atoms with Crippen molar-refractivity contribution < 1.29 is 4.74 Å². The Morgan fingerprint density at radius 3 is 3.21 bits per heavy atom. The summed E-state index contributed by atoms with van der Waals surface area (Å²) in [6.07, 6.45) is 8.25. The van der Waals surface area contributed by atoms with Crippen LogP contribution < -0.4 is 5.32 Å². The largest absolute Gasteiger partial charge is 0.376 e. The Bertz CT molecular complexity index is 532. The van der Waals surface area contributed by atoms with Crippen LogP contribution in [0.4, 0.5) is 5.95 Å². The van der Waals surface area contributed by atoms with E-state index in [1.807, 2.05) is 31.6 Å². The SMILES string of the molecule is Cc1cnc(NCC2CCCO2)nc1-c1cc[nH]c1. The number of ether oxygens (including phenoxy) is 1. The first-order chi connectivity index (χ1) is 9.33. The summed E-state index contributed by atoms with van der Waals surface area (Å²) >= 11 is 0. The topological polar surface area (TPSA) is 62.8 Å². The average molecular weight is 258 g/mol. The maximum absolute atomic E-state index is 5.58.